The minimum atomic E-state index is -3.91. The van der Waals surface area contributed by atoms with Gasteiger partial charge < -0.3 is 5.73 Å². The summed E-state index contributed by atoms with van der Waals surface area (Å²) >= 11 is 0. The molecule has 0 aliphatic heterocycles. The standard InChI is InChI=1S/C10H12N4O3S/c1-10(2,9(12)15)14-18(16,17)8-4-3-7(5-11)13-6-8/h3-4,6,14H,1-2H3,(H2,12,15). The SMILES string of the molecule is CC(C)(NS(=O)(=O)c1ccc(C#N)nc1)C(N)=O. The Morgan fingerprint density at radius 2 is 2.11 bits per heavy atom. The number of carbonyl (C=O) groups is 1. The Morgan fingerprint density at radius 3 is 2.50 bits per heavy atom. The Labute approximate surface area is 105 Å². The highest BCUT2D eigenvalue weighted by molar-refractivity contribution is 7.89. The van der Waals surface area contributed by atoms with E-state index in [-0.39, 0.29) is 10.6 Å². The molecule has 3 N–H and O–H groups in total. The second kappa shape index (κ2) is 4.72. The van der Waals surface area contributed by atoms with Crippen LogP contribution in [0.1, 0.15) is 19.5 Å². The lowest BCUT2D eigenvalue weighted by atomic mass is 10.1. The summed E-state index contributed by atoms with van der Waals surface area (Å²) in [5.74, 6) is -0.798. The summed E-state index contributed by atoms with van der Waals surface area (Å²) in [4.78, 5) is 14.6. The third-order valence-electron chi connectivity index (χ3n) is 2.17. The van der Waals surface area contributed by atoms with E-state index in [1.54, 1.807) is 6.07 Å². The predicted octanol–water partition coefficient (Wildman–Crippen LogP) is -0.505. The zero-order valence-corrected chi connectivity index (χ0v) is 10.7. The number of sulfonamides is 1. The number of nitrogens with one attached hydrogen (secondary N) is 1. The second-order valence-electron chi connectivity index (χ2n) is 4.09. The van der Waals surface area contributed by atoms with E-state index in [9.17, 15) is 13.2 Å². The quantitative estimate of drug-likeness (QED) is 0.760. The number of nitriles is 1. The van der Waals surface area contributed by atoms with Crippen molar-refractivity contribution in [3.05, 3.63) is 24.0 Å². The number of amides is 1. The number of hydrogen-bond donors (Lipinski definition) is 2. The van der Waals surface area contributed by atoms with Gasteiger partial charge in [-0.2, -0.15) is 9.98 Å². The van der Waals surface area contributed by atoms with Gasteiger partial charge in [0.1, 0.15) is 22.2 Å². The Balaban J connectivity index is 3.08. The zero-order chi connectivity index (χ0) is 14.0. The fourth-order valence-corrected chi connectivity index (χ4v) is 2.38. The maximum absolute atomic E-state index is 11.9. The van der Waals surface area contributed by atoms with E-state index in [2.05, 4.69) is 9.71 Å². The van der Waals surface area contributed by atoms with Crippen LogP contribution >= 0.6 is 0 Å². The van der Waals surface area contributed by atoms with Gasteiger partial charge in [-0.1, -0.05) is 0 Å². The molecule has 0 bridgehead atoms. The molecule has 0 radical (unpaired) electrons. The van der Waals surface area contributed by atoms with Crippen LogP contribution in [0.5, 0.6) is 0 Å². The van der Waals surface area contributed by atoms with Gasteiger partial charge in [0, 0.05) is 6.20 Å². The predicted molar refractivity (Wildman–Crippen MR) is 62.5 cm³/mol. The molecule has 0 unspecified atom stereocenters. The van der Waals surface area contributed by atoms with Gasteiger partial charge in [-0.15, -0.1) is 0 Å². The largest absolute Gasteiger partial charge is 0.368 e. The first-order valence-corrected chi connectivity index (χ1v) is 6.37. The summed E-state index contributed by atoms with van der Waals surface area (Å²) in [6.07, 6.45) is 1.04. The maximum Gasteiger partial charge on any atom is 0.243 e. The highest BCUT2D eigenvalue weighted by Gasteiger charge is 2.31. The molecule has 18 heavy (non-hydrogen) atoms. The van der Waals surface area contributed by atoms with E-state index in [0.717, 1.165) is 6.20 Å². The van der Waals surface area contributed by atoms with Crippen molar-refractivity contribution in [1.82, 2.24) is 9.71 Å². The van der Waals surface area contributed by atoms with Gasteiger partial charge in [-0.05, 0) is 26.0 Å². The summed E-state index contributed by atoms with van der Waals surface area (Å²) in [7, 11) is -3.91. The summed E-state index contributed by atoms with van der Waals surface area (Å²) in [5.41, 5.74) is 3.77. The smallest absolute Gasteiger partial charge is 0.243 e. The van der Waals surface area contributed by atoms with Gasteiger partial charge in [0.25, 0.3) is 0 Å². The van der Waals surface area contributed by atoms with Gasteiger partial charge in [0.15, 0.2) is 0 Å². The summed E-state index contributed by atoms with van der Waals surface area (Å²) in [5, 5.41) is 8.55. The van der Waals surface area contributed by atoms with E-state index in [4.69, 9.17) is 11.0 Å². The normalized spacial score (nSPS) is 11.8. The van der Waals surface area contributed by atoms with Crippen molar-refractivity contribution in [2.24, 2.45) is 5.73 Å². The maximum atomic E-state index is 11.9. The van der Waals surface area contributed by atoms with Crippen LogP contribution in [0.4, 0.5) is 0 Å². The van der Waals surface area contributed by atoms with Crippen LogP contribution in [0, 0.1) is 11.3 Å². The van der Waals surface area contributed by atoms with Crippen LogP contribution in [0.25, 0.3) is 0 Å². The molecule has 1 aromatic heterocycles. The highest BCUT2D eigenvalue weighted by Crippen LogP contribution is 2.12. The Bertz CT molecular complexity index is 599. The molecule has 8 heteroatoms. The number of rotatable bonds is 4. The number of pyridine rings is 1. The van der Waals surface area contributed by atoms with Crippen LogP contribution in [0.15, 0.2) is 23.2 Å². The lowest BCUT2D eigenvalue weighted by Crippen LogP contribution is -2.52. The first kappa shape index (κ1) is 14.1. The molecule has 0 atom stereocenters. The average molecular weight is 268 g/mol. The summed E-state index contributed by atoms with van der Waals surface area (Å²) < 4.78 is 26.0. The molecule has 1 aromatic rings. The molecule has 0 aliphatic rings. The number of primary amides is 1. The molecular weight excluding hydrogens is 256 g/mol. The molecule has 1 rings (SSSR count). The lowest BCUT2D eigenvalue weighted by Gasteiger charge is -2.21. The van der Waals surface area contributed by atoms with Crippen LogP contribution in [0.2, 0.25) is 0 Å². The van der Waals surface area contributed by atoms with Crippen molar-refractivity contribution < 1.29 is 13.2 Å². The molecular formula is C10H12N4O3S. The topological polar surface area (TPSA) is 126 Å². The van der Waals surface area contributed by atoms with Crippen LogP contribution in [0.3, 0.4) is 0 Å². The fraction of sp³-hybridized carbons (Fsp3) is 0.300. The molecule has 1 heterocycles. The number of aromatic nitrogens is 1. The molecule has 1 amide bonds. The minimum Gasteiger partial charge on any atom is -0.368 e. The Hall–Kier alpha value is -1.98. The molecule has 0 aliphatic carbocycles. The van der Waals surface area contributed by atoms with E-state index in [1.165, 1.54) is 26.0 Å². The van der Waals surface area contributed by atoms with E-state index in [1.807, 2.05) is 0 Å². The molecule has 0 aromatic carbocycles. The third kappa shape index (κ3) is 3.03. The van der Waals surface area contributed by atoms with E-state index in [0.29, 0.717) is 0 Å². The van der Waals surface area contributed by atoms with Gasteiger partial charge in [0.05, 0.1) is 0 Å². The van der Waals surface area contributed by atoms with Gasteiger partial charge >= 0.3 is 0 Å². The Morgan fingerprint density at radius 1 is 1.50 bits per heavy atom. The van der Waals surface area contributed by atoms with E-state index >= 15 is 0 Å². The first-order chi connectivity index (χ1) is 8.19. The number of hydrogen-bond acceptors (Lipinski definition) is 5. The number of nitrogens with two attached hydrogens (primary N) is 1. The third-order valence-corrected chi connectivity index (χ3v) is 3.81. The number of nitrogens with zero attached hydrogens (tertiary/aromatic N) is 2. The van der Waals surface area contributed by atoms with Crippen molar-refractivity contribution in [3.8, 4) is 6.07 Å². The van der Waals surface area contributed by atoms with Gasteiger partial charge in [-0.25, -0.2) is 13.4 Å². The average Bonchev–Trinajstić information content (AvgIpc) is 2.27. The van der Waals surface area contributed by atoms with Crippen LogP contribution in [-0.4, -0.2) is 24.8 Å². The minimum absolute atomic E-state index is 0.100. The van der Waals surface area contributed by atoms with Crippen molar-refractivity contribution in [2.45, 2.75) is 24.3 Å². The van der Waals surface area contributed by atoms with Crippen molar-refractivity contribution in [1.29, 1.82) is 5.26 Å². The van der Waals surface area contributed by atoms with Gasteiger partial charge in [-0.3, -0.25) is 4.79 Å². The summed E-state index contributed by atoms with van der Waals surface area (Å²) in [6.45, 7) is 2.70. The van der Waals surface area contributed by atoms with Crippen molar-refractivity contribution >= 4 is 15.9 Å². The molecule has 7 nitrogen and oxygen atoms in total. The molecule has 96 valence electrons. The van der Waals surface area contributed by atoms with Crippen molar-refractivity contribution in [3.63, 3.8) is 0 Å². The molecule has 0 fully saturated rings. The zero-order valence-electron chi connectivity index (χ0n) is 9.84. The monoisotopic (exact) mass is 268 g/mol. The first-order valence-electron chi connectivity index (χ1n) is 4.89. The Kier molecular flexibility index (Phi) is 3.69. The lowest BCUT2D eigenvalue weighted by molar-refractivity contribution is -0.122. The van der Waals surface area contributed by atoms with Crippen LogP contribution in [-0.2, 0) is 14.8 Å². The molecule has 0 spiro atoms. The van der Waals surface area contributed by atoms with E-state index < -0.39 is 21.5 Å². The fourth-order valence-electron chi connectivity index (χ4n) is 1.05. The van der Waals surface area contributed by atoms with Crippen molar-refractivity contribution in [2.75, 3.05) is 0 Å². The van der Waals surface area contributed by atoms with Crippen LogP contribution < -0.4 is 10.5 Å². The summed E-state index contributed by atoms with van der Waals surface area (Å²) in [6, 6.07) is 4.27. The molecule has 0 saturated heterocycles. The molecule has 0 saturated carbocycles. The number of carbonyl (C=O) groups excluding carboxylic acids is 1. The van der Waals surface area contributed by atoms with Gasteiger partial charge in [0.2, 0.25) is 15.9 Å². The second-order valence-corrected chi connectivity index (χ2v) is 5.77. The highest BCUT2D eigenvalue weighted by atomic mass is 32.2.